The quantitative estimate of drug-likeness (QED) is 0.431. The van der Waals surface area contributed by atoms with Crippen LogP contribution in [0.4, 0.5) is 0 Å². The van der Waals surface area contributed by atoms with Crippen LogP contribution in [0.1, 0.15) is 0 Å². The SMILES string of the molecule is CN(C)C1N(C)N1C. The molecule has 0 bridgehead atoms. The van der Waals surface area contributed by atoms with Crippen LogP contribution in [0, 0.1) is 0 Å². The Hall–Kier alpha value is -0.120. The average molecular weight is 115 g/mol. The summed E-state index contributed by atoms with van der Waals surface area (Å²) >= 11 is 0. The maximum absolute atomic E-state index is 2.17. The molecule has 0 amide bonds. The van der Waals surface area contributed by atoms with Crippen molar-refractivity contribution in [3.63, 3.8) is 0 Å². The van der Waals surface area contributed by atoms with Crippen molar-refractivity contribution in [2.24, 2.45) is 0 Å². The molecule has 0 aromatic heterocycles. The fraction of sp³-hybridized carbons (Fsp3) is 1.00. The summed E-state index contributed by atoms with van der Waals surface area (Å²) in [4.78, 5) is 2.17. The molecule has 2 unspecified atom stereocenters. The third-order valence-corrected chi connectivity index (χ3v) is 1.57. The van der Waals surface area contributed by atoms with Crippen LogP contribution in [-0.4, -0.2) is 49.4 Å². The van der Waals surface area contributed by atoms with E-state index in [1.807, 2.05) is 0 Å². The number of hydrazine groups is 1. The minimum absolute atomic E-state index is 0.537. The predicted octanol–water partition coefficient (Wildman–Crippen LogP) is -0.376. The van der Waals surface area contributed by atoms with Crippen LogP contribution in [0.15, 0.2) is 0 Å². The van der Waals surface area contributed by atoms with Gasteiger partial charge in [0.05, 0.1) is 0 Å². The van der Waals surface area contributed by atoms with E-state index < -0.39 is 0 Å². The lowest BCUT2D eigenvalue weighted by Gasteiger charge is -2.03. The van der Waals surface area contributed by atoms with Crippen molar-refractivity contribution in [1.82, 2.24) is 14.9 Å². The molecule has 1 fully saturated rings. The summed E-state index contributed by atoms with van der Waals surface area (Å²) < 4.78 is 0. The van der Waals surface area contributed by atoms with E-state index in [1.165, 1.54) is 0 Å². The lowest BCUT2D eigenvalue weighted by atomic mass is 10.8. The maximum Gasteiger partial charge on any atom is 0.144 e. The van der Waals surface area contributed by atoms with Crippen LogP contribution in [0.5, 0.6) is 0 Å². The van der Waals surface area contributed by atoms with E-state index in [9.17, 15) is 0 Å². The minimum atomic E-state index is 0.537. The Labute approximate surface area is 50.4 Å². The summed E-state index contributed by atoms with van der Waals surface area (Å²) in [6.07, 6.45) is 0.537. The second kappa shape index (κ2) is 1.69. The third kappa shape index (κ3) is 0.727. The summed E-state index contributed by atoms with van der Waals surface area (Å²) in [5, 5.41) is 4.33. The molecule has 48 valence electrons. The van der Waals surface area contributed by atoms with Gasteiger partial charge in [0.1, 0.15) is 6.29 Å². The van der Waals surface area contributed by atoms with Gasteiger partial charge in [0.25, 0.3) is 0 Å². The summed E-state index contributed by atoms with van der Waals surface area (Å²) in [5.74, 6) is 0. The van der Waals surface area contributed by atoms with E-state index in [0.717, 1.165) is 0 Å². The molecule has 1 aliphatic rings. The molecule has 3 heteroatoms. The summed E-state index contributed by atoms with van der Waals surface area (Å²) in [6, 6.07) is 0. The lowest BCUT2D eigenvalue weighted by molar-refractivity contribution is 0.327. The summed E-state index contributed by atoms with van der Waals surface area (Å²) in [6.45, 7) is 0. The van der Waals surface area contributed by atoms with Crippen molar-refractivity contribution in [3.8, 4) is 0 Å². The van der Waals surface area contributed by atoms with Gasteiger partial charge in [-0.05, 0) is 14.1 Å². The van der Waals surface area contributed by atoms with Crippen LogP contribution in [-0.2, 0) is 0 Å². The summed E-state index contributed by atoms with van der Waals surface area (Å²) in [7, 11) is 8.30. The Bertz CT molecular complexity index is 76.9. The van der Waals surface area contributed by atoms with Gasteiger partial charge in [0, 0.05) is 14.1 Å². The first-order valence-corrected chi connectivity index (χ1v) is 2.76. The zero-order valence-electron chi connectivity index (χ0n) is 5.92. The van der Waals surface area contributed by atoms with Crippen molar-refractivity contribution in [2.75, 3.05) is 28.2 Å². The normalized spacial score (nSPS) is 45.4. The molecule has 8 heavy (non-hydrogen) atoms. The Morgan fingerprint density at radius 2 is 1.50 bits per heavy atom. The highest BCUT2D eigenvalue weighted by Gasteiger charge is 2.39. The molecule has 0 aromatic rings. The first-order valence-electron chi connectivity index (χ1n) is 2.76. The average Bonchev–Trinajstić information content (AvgIpc) is 2.15. The number of rotatable bonds is 1. The smallest absolute Gasteiger partial charge is 0.144 e. The molecule has 0 saturated carbocycles. The fourth-order valence-corrected chi connectivity index (χ4v) is 1.02. The first kappa shape index (κ1) is 6.01. The molecule has 1 aliphatic heterocycles. The first-order chi connectivity index (χ1) is 3.64. The molecule has 0 N–H and O–H groups in total. The molecular formula is C5H13N3. The topological polar surface area (TPSA) is 9.26 Å². The van der Waals surface area contributed by atoms with Crippen LogP contribution in [0.25, 0.3) is 0 Å². The Kier molecular flexibility index (Phi) is 1.27. The number of hydrogen-bond acceptors (Lipinski definition) is 3. The van der Waals surface area contributed by atoms with Gasteiger partial charge in [-0.25, -0.2) is 10.0 Å². The van der Waals surface area contributed by atoms with E-state index in [0.29, 0.717) is 6.29 Å². The van der Waals surface area contributed by atoms with E-state index in [1.54, 1.807) is 0 Å². The van der Waals surface area contributed by atoms with E-state index >= 15 is 0 Å². The van der Waals surface area contributed by atoms with Gasteiger partial charge < -0.3 is 0 Å². The van der Waals surface area contributed by atoms with Gasteiger partial charge >= 0.3 is 0 Å². The highest BCUT2D eigenvalue weighted by Crippen LogP contribution is 2.20. The third-order valence-electron chi connectivity index (χ3n) is 1.57. The standard InChI is InChI=1S/C5H13N3/c1-6(2)5-7(3)8(5)4/h5H,1-4H3. The number of nitrogens with zero attached hydrogens (tertiary/aromatic N) is 3. The van der Waals surface area contributed by atoms with Crippen molar-refractivity contribution >= 4 is 0 Å². The molecule has 1 saturated heterocycles. The molecule has 0 radical (unpaired) electrons. The second-order valence-corrected chi connectivity index (χ2v) is 2.46. The largest absolute Gasteiger partial charge is 0.280 e. The highest BCUT2D eigenvalue weighted by molar-refractivity contribution is 4.72. The molecule has 0 spiro atoms. The van der Waals surface area contributed by atoms with Crippen LogP contribution < -0.4 is 0 Å². The van der Waals surface area contributed by atoms with E-state index in [-0.39, 0.29) is 0 Å². The molecule has 0 aromatic carbocycles. The zero-order valence-corrected chi connectivity index (χ0v) is 5.92. The van der Waals surface area contributed by atoms with E-state index in [2.05, 4.69) is 43.1 Å². The van der Waals surface area contributed by atoms with Gasteiger partial charge in [-0.15, -0.1) is 0 Å². The predicted molar refractivity (Wildman–Crippen MR) is 33.0 cm³/mol. The van der Waals surface area contributed by atoms with Crippen LogP contribution >= 0.6 is 0 Å². The molecule has 2 atom stereocenters. The lowest BCUT2D eigenvalue weighted by Crippen LogP contribution is -2.19. The molecular weight excluding hydrogens is 102 g/mol. The summed E-state index contributed by atoms with van der Waals surface area (Å²) in [5.41, 5.74) is 0. The molecule has 1 rings (SSSR count). The molecule has 3 nitrogen and oxygen atoms in total. The van der Waals surface area contributed by atoms with Gasteiger partial charge in [-0.1, -0.05) is 0 Å². The van der Waals surface area contributed by atoms with Crippen LogP contribution in [0.3, 0.4) is 0 Å². The second-order valence-electron chi connectivity index (χ2n) is 2.46. The molecule has 1 heterocycles. The van der Waals surface area contributed by atoms with Crippen molar-refractivity contribution in [1.29, 1.82) is 0 Å². The van der Waals surface area contributed by atoms with Gasteiger partial charge in [-0.2, -0.15) is 0 Å². The van der Waals surface area contributed by atoms with Crippen molar-refractivity contribution in [3.05, 3.63) is 0 Å². The van der Waals surface area contributed by atoms with Gasteiger partial charge in [0.15, 0.2) is 0 Å². The zero-order chi connectivity index (χ0) is 6.31. The Morgan fingerprint density at radius 3 is 1.50 bits per heavy atom. The van der Waals surface area contributed by atoms with Crippen molar-refractivity contribution in [2.45, 2.75) is 6.29 Å². The van der Waals surface area contributed by atoms with Gasteiger partial charge in [-0.3, -0.25) is 4.90 Å². The Morgan fingerprint density at radius 1 is 1.12 bits per heavy atom. The highest BCUT2D eigenvalue weighted by atomic mass is 15.9. The van der Waals surface area contributed by atoms with Gasteiger partial charge in [0.2, 0.25) is 0 Å². The Balaban J connectivity index is 2.33. The monoisotopic (exact) mass is 115 g/mol. The fourth-order valence-electron chi connectivity index (χ4n) is 1.02. The van der Waals surface area contributed by atoms with E-state index in [4.69, 9.17) is 0 Å². The number of hydrogen-bond donors (Lipinski definition) is 0. The van der Waals surface area contributed by atoms with Crippen LogP contribution in [0.2, 0.25) is 0 Å². The molecule has 0 aliphatic carbocycles. The maximum atomic E-state index is 2.17. The van der Waals surface area contributed by atoms with Crippen molar-refractivity contribution < 1.29 is 0 Å². The minimum Gasteiger partial charge on any atom is -0.280 e.